The molecule has 0 unspecified atom stereocenters. The molecule has 0 aromatic heterocycles. The number of rotatable bonds is 5. The van der Waals surface area contributed by atoms with Crippen molar-refractivity contribution in [1.82, 2.24) is 0 Å². The van der Waals surface area contributed by atoms with Crippen LogP contribution in [-0.2, 0) is 26.4 Å². The van der Waals surface area contributed by atoms with Crippen LogP contribution >= 0.6 is 0 Å². The molecule has 0 bridgehead atoms. The zero-order valence-electron chi connectivity index (χ0n) is 10.2. The molecule has 0 heterocycles. The summed E-state index contributed by atoms with van der Waals surface area (Å²) < 4.78 is 47.6. The number of sulfone groups is 1. The van der Waals surface area contributed by atoms with Gasteiger partial charge in [-0.05, 0) is 24.1 Å². The Kier molecular flexibility index (Phi) is 4.36. The van der Waals surface area contributed by atoms with Crippen molar-refractivity contribution < 1.29 is 16.8 Å². The molecule has 0 aliphatic carbocycles. The Morgan fingerprint density at radius 1 is 1.22 bits per heavy atom. The van der Waals surface area contributed by atoms with E-state index in [1.807, 2.05) is 0 Å². The van der Waals surface area contributed by atoms with Gasteiger partial charge in [-0.3, -0.25) is 4.72 Å². The van der Waals surface area contributed by atoms with Crippen LogP contribution in [0.5, 0.6) is 0 Å². The average Bonchev–Trinajstić information content (AvgIpc) is 2.17. The molecule has 6 nitrogen and oxygen atoms in total. The lowest BCUT2D eigenvalue weighted by Gasteiger charge is -2.11. The minimum atomic E-state index is -3.92. The number of benzene rings is 1. The van der Waals surface area contributed by atoms with Gasteiger partial charge in [-0.25, -0.2) is 16.8 Å². The van der Waals surface area contributed by atoms with Crippen molar-refractivity contribution in [2.24, 2.45) is 5.73 Å². The smallest absolute Gasteiger partial charge is 0.247 e. The van der Waals surface area contributed by atoms with E-state index < -0.39 is 24.9 Å². The Balaban J connectivity index is 3.04. The van der Waals surface area contributed by atoms with Crippen molar-refractivity contribution in [3.8, 4) is 0 Å². The summed E-state index contributed by atoms with van der Waals surface area (Å²) in [6.45, 7) is 2.00. The Labute approximate surface area is 107 Å². The fourth-order valence-electron chi connectivity index (χ4n) is 1.38. The third-order valence-corrected chi connectivity index (χ3v) is 5.66. The first-order valence-corrected chi connectivity index (χ1v) is 8.82. The van der Waals surface area contributed by atoms with E-state index in [2.05, 4.69) is 4.72 Å². The summed E-state index contributed by atoms with van der Waals surface area (Å²) in [7, 11) is -7.52. The lowest BCUT2D eigenvalue weighted by atomic mass is 10.1. The van der Waals surface area contributed by atoms with E-state index in [0.717, 1.165) is 11.8 Å². The molecule has 1 rings (SSSR count). The van der Waals surface area contributed by atoms with Gasteiger partial charge in [-0.1, -0.05) is 12.1 Å². The van der Waals surface area contributed by atoms with Crippen LogP contribution in [0, 0.1) is 6.92 Å². The number of hydrogen-bond acceptors (Lipinski definition) is 5. The number of hydrogen-bond donors (Lipinski definition) is 2. The maximum Gasteiger partial charge on any atom is 0.247 e. The molecule has 0 aliphatic rings. The highest BCUT2D eigenvalue weighted by molar-refractivity contribution is 8.08. The number of aryl methyl sites for hydroxylation is 1. The highest BCUT2D eigenvalue weighted by Gasteiger charge is 2.18. The van der Waals surface area contributed by atoms with Gasteiger partial charge in [0.25, 0.3) is 0 Å². The normalized spacial score (nSPS) is 12.4. The monoisotopic (exact) mass is 292 g/mol. The van der Waals surface area contributed by atoms with Crippen LogP contribution in [0.1, 0.15) is 11.1 Å². The van der Waals surface area contributed by atoms with Crippen molar-refractivity contribution in [2.45, 2.75) is 13.5 Å². The largest absolute Gasteiger partial charge is 0.326 e. The molecule has 0 radical (unpaired) electrons. The molecule has 3 N–H and O–H groups in total. The van der Waals surface area contributed by atoms with Crippen molar-refractivity contribution in [3.63, 3.8) is 0 Å². The van der Waals surface area contributed by atoms with Gasteiger partial charge >= 0.3 is 0 Å². The molecule has 0 amide bonds. The molecule has 0 aliphatic heterocycles. The first-order chi connectivity index (χ1) is 8.13. The molecule has 0 atom stereocenters. The van der Waals surface area contributed by atoms with Crippen molar-refractivity contribution in [2.75, 3.05) is 16.1 Å². The van der Waals surface area contributed by atoms with E-state index in [1.54, 1.807) is 25.1 Å². The topological polar surface area (TPSA) is 106 Å². The predicted octanol–water partition coefficient (Wildman–Crippen LogP) is 0.198. The molecule has 8 heteroatoms. The Morgan fingerprint density at radius 2 is 1.83 bits per heavy atom. The van der Waals surface area contributed by atoms with E-state index in [1.165, 1.54) is 0 Å². The second-order valence-electron chi connectivity index (χ2n) is 4.11. The average molecular weight is 292 g/mol. The Bertz CT molecular complexity index is 636. The summed E-state index contributed by atoms with van der Waals surface area (Å²) in [6.07, 6.45) is 0.870. The van der Waals surface area contributed by atoms with Gasteiger partial charge in [0, 0.05) is 12.8 Å². The van der Waals surface area contributed by atoms with Crippen LogP contribution in [0.2, 0.25) is 0 Å². The van der Waals surface area contributed by atoms with Crippen molar-refractivity contribution in [1.29, 1.82) is 0 Å². The van der Waals surface area contributed by atoms with Gasteiger partial charge in [-0.2, -0.15) is 0 Å². The molecule has 0 saturated carbocycles. The highest BCUT2D eigenvalue weighted by atomic mass is 32.3. The van der Waals surface area contributed by atoms with Gasteiger partial charge in [0.05, 0.1) is 5.69 Å². The van der Waals surface area contributed by atoms with Crippen LogP contribution in [0.15, 0.2) is 18.2 Å². The molecule has 0 saturated heterocycles. The van der Waals surface area contributed by atoms with Gasteiger partial charge < -0.3 is 5.73 Å². The quantitative estimate of drug-likeness (QED) is 0.806. The SMILES string of the molecule is Cc1ccc(CN)cc1NS(=O)(=O)CS(C)(=O)=O. The van der Waals surface area contributed by atoms with Crippen LogP contribution in [0.25, 0.3) is 0 Å². The lowest BCUT2D eigenvalue weighted by molar-refractivity contribution is 0.595. The summed E-state index contributed by atoms with van der Waals surface area (Å²) >= 11 is 0. The third-order valence-electron chi connectivity index (χ3n) is 2.17. The number of nitrogens with one attached hydrogen (secondary N) is 1. The third kappa shape index (κ3) is 4.63. The molecular formula is C10H16N2O4S2. The Hall–Kier alpha value is -1.12. The molecule has 0 spiro atoms. The maximum absolute atomic E-state index is 11.6. The Morgan fingerprint density at radius 3 is 2.33 bits per heavy atom. The molecular weight excluding hydrogens is 276 g/mol. The summed E-state index contributed by atoms with van der Waals surface area (Å²) in [5, 5.41) is -0.938. The van der Waals surface area contributed by atoms with Crippen LogP contribution in [0.3, 0.4) is 0 Å². The zero-order chi connectivity index (χ0) is 14.0. The molecule has 0 fully saturated rings. The van der Waals surface area contributed by atoms with Gasteiger partial charge in [0.1, 0.15) is 0 Å². The minimum Gasteiger partial charge on any atom is -0.326 e. The summed E-state index contributed by atoms with van der Waals surface area (Å²) in [5.41, 5.74) is 7.27. The summed E-state index contributed by atoms with van der Waals surface area (Å²) in [5.74, 6) is 0. The van der Waals surface area contributed by atoms with E-state index in [-0.39, 0.29) is 6.54 Å². The fourth-order valence-corrected chi connectivity index (χ4v) is 4.43. The number of sulfonamides is 1. The highest BCUT2D eigenvalue weighted by Crippen LogP contribution is 2.18. The fraction of sp³-hybridized carbons (Fsp3) is 0.400. The first-order valence-electron chi connectivity index (χ1n) is 5.11. The van der Waals surface area contributed by atoms with Crippen LogP contribution < -0.4 is 10.5 Å². The maximum atomic E-state index is 11.6. The van der Waals surface area contributed by atoms with Gasteiger partial charge in [0.2, 0.25) is 10.0 Å². The number of anilines is 1. The van der Waals surface area contributed by atoms with Gasteiger partial charge in [-0.15, -0.1) is 0 Å². The summed E-state index contributed by atoms with van der Waals surface area (Å²) in [6, 6.07) is 5.10. The number of nitrogens with two attached hydrogens (primary N) is 1. The predicted molar refractivity (Wildman–Crippen MR) is 71.3 cm³/mol. The lowest BCUT2D eigenvalue weighted by Crippen LogP contribution is -2.22. The molecule has 18 heavy (non-hydrogen) atoms. The minimum absolute atomic E-state index is 0.279. The second kappa shape index (κ2) is 5.25. The zero-order valence-corrected chi connectivity index (χ0v) is 11.8. The summed E-state index contributed by atoms with van der Waals surface area (Å²) in [4.78, 5) is 0. The van der Waals surface area contributed by atoms with E-state index in [9.17, 15) is 16.8 Å². The van der Waals surface area contributed by atoms with E-state index in [4.69, 9.17) is 5.73 Å². The molecule has 1 aromatic rings. The van der Waals surface area contributed by atoms with Gasteiger partial charge in [0.15, 0.2) is 14.9 Å². The first kappa shape index (κ1) is 14.9. The molecule has 1 aromatic carbocycles. The second-order valence-corrected chi connectivity index (χ2v) is 8.34. The molecule has 102 valence electrons. The van der Waals surface area contributed by atoms with Crippen molar-refractivity contribution in [3.05, 3.63) is 29.3 Å². The van der Waals surface area contributed by atoms with Crippen LogP contribution in [-0.4, -0.2) is 28.2 Å². The van der Waals surface area contributed by atoms with Crippen molar-refractivity contribution >= 4 is 25.5 Å². The van der Waals surface area contributed by atoms with E-state index in [0.29, 0.717) is 11.3 Å². The van der Waals surface area contributed by atoms with Crippen LogP contribution in [0.4, 0.5) is 5.69 Å². The van der Waals surface area contributed by atoms with E-state index >= 15 is 0 Å². The standard InChI is InChI=1S/C10H16N2O4S2/c1-8-3-4-9(6-11)5-10(8)12-18(15,16)7-17(2,13)14/h3-5,12H,6-7,11H2,1-2H3.